The van der Waals surface area contributed by atoms with Crippen LogP contribution in [-0.2, 0) is 19.1 Å². The van der Waals surface area contributed by atoms with Crippen LogP contribution >= 0.6 is 0 Å². The van der Waals surface area contributed by atoms with Crippen LogP contribution in [0.1, 0.15) is 40.0 Å². The Kier molecular flexibility index (Phi) is 2.24. The van der Waals surface area contributed by atoms with Crippen molar-refractivity contribution in [2.45, 2.75) is 45.6 Å². The highest BCUT2D eigenvalue weighted by molar-refractivity contribution is 7.80. The molecule has 3 unspecified atom stereocenters. The van der Waals surface area contributed by atoms with Crippen LogP contribution in [0.4, 0.5) is 0 Å². The summed E-state index contributed by atoms with van der Waals surface area (Å²) >= 11 is 0. The van der Waals surface area contributed by atoms with E-state index in [1.54, 1.807) is 0 Å². The van der Waals surface area contributed by atoms with Crippen molar-refractivity contribution in [1.82, 2.24) is 0 Å². The lowest BCUT2D eigenvalue weighted by atomic mass is 9.88. The van der Waals surface area contributed by atoms with Gasteiger partial charge in [0.25, 0.3) is 0 Å². The molecule has 3 atom stereocenters. The van der Waals surface area contributed by atoms with E-state index in [2.05, 4.69) is 6.92 Å². The van der Waals surface area contributed by atoms with E-state index in [0.717, 1.165) is 12.8 Å². The lowest BCUT2D eigenvalue weighted by Gasteiger charge is -2.25. The molecule has 0 aromatic carbocycles. The Morgan fingerprint density at radius 2 is 1.87 bits per heavy atom. The van der Waals surface area contributed by atoms with Gasteiger partial charge in [-0.3, -0.25) is 0 Å². The van der Waals surface area contributed by atoms with Gasteiger partial charge in [0.15, 0.2) is 0 Å². The zero-order valence-electron chi connectivity index (χ0n) is 9.32. The van der Waals surface area contributed by atoms with Crippen LogP contribution in [0.2, 0.25) is 0 Å². The molecule has 5 heteroatoms. The Bertz CT molecular complexity index is 373. The van der Waals surface area contributed by atoms with Crippen molar-refractivity contribution in [3.05, 3.63) is 0 Å². The number of hydrogen-bond donors (Lipinski definition) is 0. The van der Waals surface area contributed by atoms with E-state index in [1.807, 2.05) is 13.8 Å². The zero-order valence-corrected chi connectivity index (χ0v) is 10.1. The van der Waals surface area contributed by atoms with E-state index in [4.69, 9.17) is 4.18 Å². The van der Waals surface area contributed by atoms with Crippen LogP contribution in [-0.4, -0.2) is 14.0 Å². The Morgan fingerprint density at radius 1 is 1.27 bits per heavy atom. The summed E-state index contributed by atoms with van der Waals surface area (Å²) in [5.74, 6) is 0.662. The maximum atomic E-state index is 10.7. The molecule has 0 saturated heterocycles. The second-order valence-electron chi connectivity index (χ2n) is 5.54. The number of hydrogen-bond acceptors (Lipinski definition) is 3. The van der Waals surface area contributed by atoms with Gasteiger partial charge < -0.3 is 0 Å². The van der Waals surface area contributed by atoms with E-state index in [9.17, 15) is 13.0 Å². The van der Waals surface area contributed by atoms with Crippen LogP contribution in [0, 0.1) is 17.3 Å². The SMILES string of the molecule is CC1CCC2C(C)(C)C2(OS([O])(=O)=O)C1. The van der Waals surface area contributed by atoms with Crippen molar-refractivity contribution in [2.24, 2.45) is 17.3 Å². The molecule has 2 aliphatic rings. The molecule has 2 aliphatic carbocycles. The molecular weight excluding hydrogens is 216 g/mol. The fraction of sp³-hybridized carbons (Fsp3) is 1.00. The van der Waals surface area contributed by atoms with E-state index < -0.39 is 16.0 Å². The summed E-state index contributed by atoms with van der Waals surface area (Å²) in [4.78, 5) is 0. The van der Waals surface area contributed by atoms with Gasteiger partial charge in [0.1, 0.15) is 0 Å². The Balaban J connectivity index is 2.26. The van der Waals surface area contributed by atoms with Crippen LogP contribution in [0.5, 0.6) is 0 Å². The molecule has 1 radical (unpaired) electrons. The lowest BCUT2D eigenvalue weighted by molar-refractivity contribution is 0.0718. The molecule has 4 nitrogen and oxygen atoms in total. The van der Waals surface area contributed by atoms with Crippen molar-refractivity contribution in [3.63, 3.8) is 0 Å². The minimum atomic E-state index is -4.58. The highest BCUT2D eigenvalue weighted by Gasteiger charge is 2.75. The first-order valence-electron chi connectivity index (χ1n) is 5.35. The van der Waals surface area contributed by atoms with Crippen LogP contribution in [0.25, 0.3) is 0 Å². The third-order valence-corrected chi connectivity index (χ3v) is 4.79. The first-order chi connectivity index (χ1) is 6.69. The van der Waals surface area contributed by atoms with E-state index in [-0.39, 0.29) is 11.3 Å². The topological polar surface area (TPSA) is 63.3 Å². The van der Waals surface area contributed by atoms with Gasteiger partial charge in [-0.25, -0.2) is 4.18 Å². The largest absolute Gasteiger partial charge is 0.428 e. The molecule has 2 saturated carbocycles. The van der Waals surface area contributed by atoms with Crippen molar-refractivity contribution in [1.29, 1.82) is 0 Å². The Labute approximate surface area is 91.0 Å². The summed E-state index contributed by atoms with van der Waals surface area (Å²) < 4.78 is 37.1. The van der Waals surface area contributed by atoms with Gasteiger partial charge in [0, 0.05) is 5.41 Å². The predicted molar refractivity (Wildman–Crippen MR) is 53.7 cm³/mol. The van der Waals surface area contributed by atoms with Crippen molar-refractivity contribution >= 4 is 10.4 Å². The average Bonchev–Trinajstić information content (AvgIpc) is 2.42. The normalized spacial score (nSPS) is 43.5. The highest BCUT2D eigenvalue weighted by atomic mass is 32.3. The summed E-state index contributed by atoms with van der Waals surface area (Å²) in [6.45, 7) is 6.05. The van der Waals surface area contributed by atoms with Gasteiger partial charge in [-0.05, 0) is 24.7 Å². The first kappa shape index (κ1) is 11.4. The maximum absolute atomic E-state index is 10.7. The van der Waals surface area contributed by atoms with Gasteiger partial charge in [-0.1, -0.05) is 31.7 Å². The molecule has 2 rings (SSSR count). The number of fused-ring (bicyclic) bond motifs is 1. The molecular formula is C10H17O4S. The molecule has 87 valence electrons. The van der Waals surface area contributed by atoms with E-state index in [0.29, 0.717) is 12.3 Å². The molecule has 0 bridgehead atoms. The summed E-state index contributed by atoms with van der Waals surface area (Å²) in [7, 11) is -4.58. The van der Waals surface area contributed by atoms with E-state index >= 15 is 0 Å². The quantitative estimate of drug-likeness (QED) is 0.731. The molecule has 0 aromatic heterocycles. The van der Waals surface area contributed by atoms with Gasteiger partial charge in [-0.15, -0.1) is 0 Å². The van der Waals surface area contributed by atoms with Crippen molar-refractivity contribution in [2.75, 3.05) is 0 Å². The highest BCUT2D eigenvalue weighted by Crippen LogP contribution is 2.71. The number of rotatable bonds is 2. The fourth-order valence-corrected chi connectivity index (χ4v) is 4.14. The van der Waals surface area contributed by atoms with Crippen LogP contribution in [0.15, 0.2) is 0 Å². The minimum absolute atomic E-state index is 0.171. The van der Waals surface area contributed by atoms with Crippen LogP contribution in [0.3, 0.4) is 0 Å². The Hall–Kier alpha value is -0.130. The molecule has 0 aromatic rings. The Morgan fingerprint density at radius 3 is 2.40 bits per heavy atom. The molecule has 2 fully saturated rings. The third-order valence-electron chi connectivity index (χ3n) is 4.29. The molecule has 0 N–H and O–H groups in total. The average molecular weight is 233 g/mol. The fourth-order valence-electron chi connectivity index (χ4n) is 3.38. The van der Waals surface area contributed by atoms with Gasteiger partial charge in [-0.2, -0.15) is 8.42 Å². The van der Waals surface area contributed by atoms with Crippen molar-refractivity contribution in [3.8, 4) is 0 Å². The summed E-state index contributed by atoms with van der Waals surface area (Å²) in [5.41, 5.74) is -0.875. The maximum Gasteiger partial charge on any atom is 0.428 e. The van der Waals surface area contributed by atoms with E-state index in [1.165, 1.54) is 0 Å². The zero-order chi connectivity index (χ0) is 11.5. The lowest BCUT2D eigenvalue weighted by Crippen LogP contribution is -2.29. The second-order valence-corrected chi connectivity index (χ2v) is 6.53. The summed E-state index contributed by atoms with van der Waals surface area (Å²) in [6.07, 6.45) is 2.74. The van der Waals surface area contributed by atoms with Gasteiger partial charge in [0.05, 0.1) is 5.60 Å². The van der Waals surface area contributed by atoms with Gasteiger partial charge in [0.2, 0.25) is 0 Å². The monoisotopic (exact) mass is 233 g/mol. The molecule has 0 heterocycles. The smallest absolute Gasteiger partial charge is 0.239 e. The third kappa shape index (κ3) is 1.61. The first-order valence-corrected chi connectivity index (χ1v) is 6.69. The molecule has 0 aliphatic heterocycles. The minimum Gasteiger partial charge on any atom is -0.239 e. The van der Waals surface area contributed by atoms with Crippen molar-refractivity contribution < 1.29 is 17.2 Å². The predicted octanol–water partition coefficient (Wildman–Crippen LogP) is 1.89. The molecule has 0 spiro atoms. The summed E-state index contributed by atoms with van der Waals surface area (Å²) in [6, 6.07) is 0. The second kappa shape index (κ2) is 2.96. The standard InChI is InChI=1S/C10H17O4S/c1-7-4-5-8-9(2,3)10(8,6-7)14-15(11,12)13/h7-8H,4-6H2,1-3H3. The van der Waals surface area contributed by atoms with Gasteiger partial charge >= 0.3 is 10.4 Å². The molecule has 15 heavy (non-hydrogen) atoms. The van der Waals surface area contributed by atoms with Crippen LogP contribution < -0.4 is 0 Å². The summed E-state index contributed by atoms with van der Waals surface area (Å²) in [5, 5.41) is 0. The molecule has 0 amide bonds.